The molecule has 154 valence electrons. The molecule has 1 aromatic heterocycles. The number of nitrogens with one attached hydrogen (secondary N) is 2. The van der Waals surface area contributed by atoms with Crippen LogP contribution in [-0.4, -0.2) is 30.1 Å². The first-order valence-corrected chi connectivity index (χ1v) is 10.3. The highest BCUT2D eigenvalue weighted by atomic mass is 32.1. The fraction of sp³-hybridized carbons (Fsp3) is 0.227. The summed E-state index contributed by atoms with van der Waals surface area (Å²) < 4.78 is 10.5. The summed E-state index contributed by atoms with van der Waals surface area (Å²) in [6.07, 6.45) is 0.610. The summed E-state index contributed by atoms with van der Waals surface area (Å²) >= 11 is 1.60. The van der Waals surface area contributed by atoms with Gasteiger partial charge in [0.1, 0.15) is 5.01 Å². The summed E-state index contributed by atoms with van der Waals surface area (Å²) in [5.74, 6) is -0.260. The maximum absolute atomic E-state index is 12.1. The third-order valence-corrected chi connectivity index (χ3v) is 5.93. The molecule has 4 rings (SSSR count). The van der Waals surface area contributed by atoms with Crippen LogP contribution in [0.3, 0.4) is 0 Å². The first-order valence-electron chi connectivity index (χ1n) is 9.52. The van der Waals surface area contributed by atoms with Gasteiger partial charge in [-0.3, -0.25) is 9.59 Å². The Bertz CT molecular complexity index is 1090. The predicted octanol–water partition coefficient (Wildman–Crippen LogP) is 3.45. The SMILES string of the molecule is Cc1ccc(-c2nc(C)c(CCNC(=O)C(=O)Nc3ccc4c(c3)OCO4)s2)cc1. The minimum atomic E-state index is -0.727. The number of hydrogen-bond acceptors (Lipinski definition) is 6. The number of ether oxygens (including phenoxy) is 2. The summed E-state index contributed by atoms with van der Waals surface area (Å²) in [5, 5.41) is 6.18. The molecule has 7 nitrogen and oxygen atoms in total. The van der Waals surface area contributed by atoms with Crippen molar-refractivity contribution in [2.45, 2.75) is 20.3 Å². The summed E-state index contributed by atoms with van der Waals surface area (Å²) in [6.45, 7) is 4.50. The number of anilines is 1. The smallest absolute Gasteiger partial charge is 0.313 e. The van der Waals surface area contributed by atoms with Crippen LogP contribution in [0.4, 0.5) is 5.69 Å². The quantitative estimate of drug-likeness (QED) is 0.614. The first kappa shape index (κ1) is 19.9. The van der Waals surface area contributed by atoms with Gasteiger partial charge in [0.15, 0.2) is 11.5 Å². The number of nitrogens with zero attached hydrogens (tertiary/aromatic N) is 1. The molecule has 0 fully saturated rings. The van der Waals surface area contributed by atoms with Crippen molar-refractivity contribution in [3.8, 4) is 22.1 Å². The van der Waals surface area contributed by atoms with Crippen LogP contribution in [0.1, 0.15) is 16.1 Å². The lowest BCUT2D eigenvalue weighted by Gasteiger charge is -2.07. The molecule has 3 aromatic rings. The van der Waals surface area contributed by atoms with Gasteiger partial charge in [-0.25, -0.2) is 4.98 Å². The molecule has 0 atom stereocenters. The highest BCUT2D eigenvalue weighted by molar-refractivity contribution is 7.15. The van der Waals surface area contributed by atoms with Gasteiger partial charge in [0.2, 0.25) is 6.79 Å². The van der Waals surface area contributed by atoms with Crippen LogP contribution in [0.15, 0.2) is 42.5 Å². The third-order valence-electron chi connectivity index (χ3n) is 4.67. The molecule has 30 heavy (non-hydrogen) atoms. The van der Waals surface area contributed by atoms with Crippen molar-refractivity contribution in [1.29, 1.82) is 0 Å². The topological polar surface area (TPSA) is 89.6 Å². The van der Waals surface area contributed by atoms with E-state index < -0.39 is 11.8 Å². The molecule has 2 heterocycles. The van der Waals surface area contributed by atoms with Crippen molar-refractivity contribution in [2.75, 3.05) is 18.7 Å². The molecule has 0 unspecified atom stereocenters. The average molecular weight is 423 g/mol. The maximum atomic E-state index is 12.1. The zero-order valence-corrected chi connectivity index (χ0v) is 17.5. The van der Waals surface area contributed by atoms with Crippen LogP contribution in [0, 0.1) is 13.8 Å². The number of rotatable bonds is 5. The van der Waals surface area contributed by atoms with Gasteiger partial charge < -0.3 is 20.1 Å². The number of thiazole rings is 1. The molecule has 0 aliphatic carbocycles. The molecule has 1 aliphatic heterocycles. The van der Waals surface area contributed by atoms with Crippen molar-refractivity contribution in [2.24, 2.45) is 0 Å². The van der Waals surface area contributed by atoms with E-state index in [0.717, 1.165) is 21.1 Å². The molecular formula is C22H21N3O4S. The van der Waals surface area contributed by atoms with Crippen LogP contribution in [0.25, 0.3) is 10.6 Å². The predicted molar refractivity (Wildman–Crippen MR) is 115 cm³/mol. The lowest BCUT2D eigenvalue weighted by atomic mass is 10.2. The van der Waals surface area contributed by atoms with Gasteiger partial charge in [-0.15, -0.1) is 11.3 Å². The second-order valence-corrected chi connectivity index (χ2v) is 8.01. The zero-order valence-electron chi connectivity index (χ0n) is 16.7. The van der Waals surface area contributed by atoms with Crippen molar-refractivity contribution < 1.29 is 19.1 Å². The minimum absolute atomic E-state index is 0.149. The monoisotopic (exact) mass is 423 g/mol. The number of carbonyl (C=O) groups excluding carboxylic acids is 2. The Morgan fingerprint density at radius 2 is 1.80 bits per heavy atom. The number of benzene rings is 2. The van der Waals surface area contributed by atoms with Crippen LogP contribution in [0.5, 0.6) is 11.5 Å². The molecule has 2 aromatic carbocycles. The van der Waals surface area contributed by atoms with E-state index in [2.05, 4.69) is 39.9 Å². The first-order chi connectivity index (χ1) is 14.5. The Labute approximate surface area is 178 Å². The normalized spacial score (nSPS) is 11.9. The Morgan fingerprint density at radius 3 is 2.60 bits per heavy atom. The summed E-state index contributed by atoms with van der Waals surface area (Å²) in [4.78, 5) is 30.0. The van der Waals surface area contributed by atoms with Gasteiger partial charge in [0, 0.05) is 35.2 Å². The van der Waals surface area contributed by atoms with Gasteiger partial charge in [0.25, 0.3) is 0 Å². The van der Waals surface area contributed by atoms with Crippen molar-refractivity contribution in [1.82, 2.24) is 10.3 Å². The van der Waals surface area contributed by atoms with Crippen LogP contribution in [0.2, 0.25) is 0 Å². The number of aryl methyl sites for hydroxylation is 2. The van der Waals surface area contributed by atoms with Gasteiger partial charge in [-0.1, -0.05) is 29.8 Å². The van der Waals surface area contributed by atoms with Crippen LogP contribution in [-0.2, 0) is 16.0 Å². The molecule has 8 heteroatoms. The minimum Gasteiger partial charge on any atom is -0.454 e. The Hall–Kier alpha value is -3.39. The molecule has 1 aliphatic rings. The van der Waals surface area contributed by atoms with E-state index in [9.17, 15) is 9.59 Å². The summed E-state index contributed by atoms with van der Waals surface area (Å²) in [5.41, 5.74) is 3.69. The van der Waals surface area contributed by atoms with E-state index in [1.807, 2.05) is 13.8 Å². The van der Waals surface area contributed by atoms with Crippen LogP contribution >= 0.6 is 11.3 Å². The lowest BCUT2D eigenvalue weighted by molar-refractivity contribution is -0.136. The Morgan fingerprint density at radius 1 is 1.03 bits per heavy atom. The summed E-state index contributed by atoms with van der Waals surface area (Å²) in [7, 11) is 0. The standard InChI is InChI=1S/C22H21N3O4S/c1-13-3-5-15(6-4-13)22-24-14(2)19(30-22)9-10-23-20(26)21(27)25-16-7-8-17-18(11-16)29-12-28-17/h3-8,11H,9-10,12H2,1-2H3,(H,23,26)(H,25,27). The van der Waals surface area contributed by atoms with E-state index in [1.165, 1.54) is 5.56 Å². The Kier molecular flexibility index (Phi) is 5.67. The van der Waals surface area contributed by atoms with E-state index in [0.29, 0.717) is 30.2 Å². The number of hydrogen-bond donors (Lipinski definition) is 2. The maximum Gasteiger partial charge on any atom is 0.313 e. The number of fused-ring (bicyclic) bond motifs is 1. The molecule has 0 bridgehead atoms. The van der Waals surface area contributed by atoms with Crippen LogP contribution < -0.4 is 20.1 Å². The van der Waals surface area contributed by atoms with Gasteiger partial charge in [-0.2, -0.15) is 0 Å². The molecule has 0 spiro atoms. The Balaban J connectivity index is 1.30. The van der Waals surface area contributed by atoms with E-state index in [1.54, 1.807) is 29.5 Å². The largest absolute Gasteiger partial charge is 0.454 e. The molecule has 0 saturated carbocycles. The van der Waals surface area contributed by atoms with E-state index in [-0.39, 0.29) is 6.79 Å². The van der Waals surface area contributed by atoms with Gasteiger partial charge >= 0.3 is 11.8 Å². The van der Waals surface area contributed by atoms with Crippen molar-refractivity contribution in [3.05, 3.63) is 58.6 Å². The third kappa shape index (κ3) is 4.44. The highest BCUT2D eigenvalue weighted by Crippen LogP contribution is 2.34. The number of aromatic nitrogens is 1. The summed E-state index contributed by atoms with van der Waals surface area (Å²) in [6, 6.07) is 13.2. The fourth-order valence-electron chi connectivity index (χ4n) is 3.01. The fourth-order valence-corrected chi connectivity index (χ4v) is 4.08. The second kappa shape index (κ2) is 8.54. The molecule has 0 saturated heterocycles. The molecule has 0 radical (unpaired) electrons. The number of amides is 2. The second-order valence-electron chi connectivity index (χ2n) is 6.92. The zero-order chi connectivity index (χ0) is 21.1. The van der Waals surface area contributed by atoms with E-state index >= 15 is 0 Å². The highest BCUT2D eigenvalue weighted by Gasteiger charge is 2.17. The number of carbonyl (C=O) groups is 2. The molecule has 2 amide bonds. The van der Waals surface area contributed by atoms with Crippen molar-refractivity contribution >= 4 is 28.8 Å². The molecule has 2 N–H and O–H groups in total. The molecular weight excluding hydrogens is 402 g/mol. The van der Waals surface area contributed by atoms with Gasteiger partial charge in [0.05, 0.1) is 5.69 Å². The lowest BCUT2D eigenvalue weighted by Crippen LogP contribution is -2.36. The average Bonchev–Trinajstić information content (AvgIpc) is 3.34. The van der Waals surface area contributed by atoms with Crippen molar-refractivity contribution in [3.63, 3.8) is 0 Å². The van der Waals surface area contributed by atoms with E-state index in [4.69, 9.17) is 9.47 Å². The van der Waals surface area contributed by atoms with Gasteiger partial charge in [-0.05, 0) is 26.0 Å².